The Morgan fingerprint density at radius 3 is 2.43 bits per heavy atom. The van der Waals surface area contributed by atoms with Crippen molar-refractivity contribution in [1.82, 2.24) is 9.80 Å². The highest BCUT2D eigenvalue weighted by Crippen LogP contribution is 2.25. The van der Waals surface area contributed by atoms with E-state index in [0.717, 1.165) is 32.2 Å². The lowest BCUT2D eigenvalue weighted by Crippen LogP contribution is -2.51. The van der Waals surface area contributed by atoms with Crippen LogP contribution >= 0.6 is 11.6 Å². The fraction of sp³-hybridized carbons (Fsp3) is 0.562. The number of nitrogen functional groups attached to an aromatic ring is 1. The third kappa shape index (κ3) is 3.16. The number of halogens is 1. The summed E-state index contributed by atoms with van der Waals surface area (Å²) in [6.07, 6.45) is 5.34. The summed E-state index contributed by atoms with van der Waals surface area (Å²) in [5.74, 6) is 0.0234. The molecule has 0 unspecified atom stereocenters. The second-order valence-corrected chi connectivity index (χ2v) is 6.43. The predicted molar refractivity (Wildman–Crippen MR) is 85.6 cm³/mol. The lowest BCUT2D eigenvalue weighted by atomic mass is 10.1. The first-order valence-electron chi connectivity index (χ1n) is 7.73. The van der Waals surface area contributed by atoms with Crippen molar-refractivity contribution in [1.29, 1.82) is 0 Å². The zero-order chi connectivity index (χ0) is 14.8. The Kier molecular flexibility index (Phi) is 4.36. The second kappa shape index (κ2) is 6.24. The third-order valence-corrected chi connectivity index (χ3v) is 4.92. The molecule has 2 fully saturated rings. The fourth-order valence-electron chi connectivity index (χ4n) is 3.46. The zero-order valence-corrected chi connectivity index (χ0v) is 13.0. The van der Waals surface area contributed by atoms with E-state index in [0.29, 0.717) is 16.3 Å². The van der Waals surface area contributed by atoms with Crippen LogP contribution in [-0.2, 0) is 0 Å². The molecular formula is C16H22ClN3O. The molecule has 1 aromatic rings. The van der Waals surface area contributed by atoms with Crippen LogP contribution in [0.5, 0.6) is 0 Å². The standard InChI is InChI=1S/C16H22ClN3O/c17-12-5-6-14(15(18)11-12)16(21)20-9-7-19(8-10-20)13-3-1-2-4-13/h5-6,11,13H,1-4,7-10,18H2. The van der Waals surface area contributed by atoms with E-state index in [4.69, 9.17) is 17.3 Å². The highest BCUT2D eigenvalue weighted by Gasteiger charge is 2.28. The molecule has 1 heterocycles. The number of rotatable bonds is 2. The molecule has 0 bridgehead atoms. The largest absolute Gasteiger partial charge is 0.398 e. The van der Waals surface area contributed by atoms with Crippen molar-refractivity contribution in [2.75, 3.05) is 31.9 Å². The lowest BCUT2D eigenvalue weighted by molar-refractivity contribution is 0.0574. The predicted octanol–water partition coefficient (Wildman–Crippen LogP) is 2.62. The molecule has 1 saturated carbocycles. The minimum atomic E-state index is 0.0234. The Morgan fingerprint density at radius 1 is 1.14 bits per heavy atom. The van der Waals surface area contributed by atoms with Crippen molar-refractivity contribution in [3.63, 3.8) is 0 Å². The normalized spacial score (nSPS) is 20.9. The first kappa shape index (κ1) is 14.7. The van der Waals surface area contributed by atoms with E-state index in [-0.39, 0.29) is 5.91 Å². The van der Waals surface area contributed by atoms with Crippen LogP contribution in [0.25, 0.3) is 0 Å². The monoisotopic (exact) mass is 307 g/mol. The summed E-state index contributed by atoms with van der Waals surface area (Å²) in [6, 6.07) is 5.83. The summed E-state index contributed by atoms with van der Waals surface area (Å²) in [4.78, 5) is 17.0. The van der Waals surface area contributed by atoms with Gasteiger partial charge in [-0.25, -0.2) is 0 Å². The van der Waals surface area contributed by atoms with Crippen LogP contribution < -0.4 is 5.73 Å². The topological polar surface area (TPSA) is 49.6 Å². The molecule has 114 valence electrons. The van der Waals surface area contributed by atoms with Gasteiger partial charge in [0, 0.05) is 42.9 Å². The maximum absolute atomic E-state index is 12.5. The van der Waals surface area contributed by atoms with E-state index in [1.165, 1.54) is 25.7 Å². The van der Waals surface area contributed by atoms with E-state index in [1.54, 1.807) is 18.2 Å². The van der Waals surface area contributed by atoms with Crippen LogP contribution in [0.1, 0.15) is 36.0 Å². The highest BCUT2D eigenvalue weighted by molar-refractivity contribution is 6.31. The number of hydrogen-bond donors (Lipinski definition) is 1. The molecule has 21 heavy (non-hydrogen) atoms. The van der Waals surface area contributed by atoms with Gasteiger partial charge in [-0.2, -0.15) is 0 Å². The van der Waals surface area contributed by atoms with Gasteiger partial charge in [0.1, 0.15) is 0 Å². The molecule has 3 rings (SSSR count). The number of nitrogens with two attached hydrogens (primary N) is 1. The van der Waals surface area contributed by atoms with Crippen molar-refractivity contribution in [3.8, 4) is 0 Å². The van der Waals surface area contributed by atoms with Gasteiger partial charge in [-0.3, -0.25) is 9.69 Å². The maximum atomic E-state index is 12.5. The Morgan fingerprint density at radius 2 is 1.81 bits per heavy atom. The molecule has 0 radical (unpaired) electrons. The van der Waals surface area contributed by atoms with Crippen molar-refractivity contribution in [3.05, 3.63) is 28.8 Å². The summed E-state index contributed by atoms with van der Waals surface area (Å²) >= 11 is 5.89. The van der Waals surface area contributed by atoms with Gasteiger partial charge in [0.05, 0.1) is 5.56 Å². The molecule has 0 spiro atoms. The number of nitrogens with zero attached hydrogens (tertiary/aromatic N) is 2. The number of carbonyl (C=O) groups is 1. The van der Waals surface area contributed by atoms with E-state index >= 15 is 0 Å². The quantitative estimate of drug-likeness (QED) is 0.855. The van der Waals surface area contributed by atoms with Gasteiger partial charge in [0.25, 0.3) is 5.91 Å². The first-order valence-corrected chi connectivity index (χ1v) is 8.11. The van der Waals surface area contributed by atoms with E-state index in [1.807, 2.05) is 4.90 Å². The van der Waals surface area contributed by atoms with Gasteiger partial charge < -0.3 is 10.6 Å². The molecule has 5 heteroatoms. The molecule has 2 aliphatic rings. The van der Waals surface area contributed by atoms with Crippen molar-refractivity contribution in [2.24, 2.45) is 0 Å². The van der Waals surface area contributed by atoms with E-state index in [9.17, 15) is 4.79 Å². The van der Waals surface area contributed by atoms with Crippen LogP contribution in [0, 0.1) is 0 Å². The van der Waals surface area contributed by atoms with Crippen molar-refractivity contribution in [2.45, 2.75) is 31.7 Å². The van der Waals surface area contributed by atoms with Crippen molar-refractivity contribution >= 4 is 23.2 Å². The summed E-state index contributed by atoms with van der Waals surface area (Å²) in [7, 11) is 0. The molecule has 1 aliphatic carbocycles. The Labute approximate surface area is 130 Å². The SMILES string of the molecule is Nc1cc(Cl)ccc1C(=O)N1CCN(C2CCCC2)CC1. The zero-order valence-electron chi connectivity index (χ0n) is 12.2. The van der Waals surface area contributed by atoms with Gasteiger partial charge in [-0.05, 0) is 31.0 Å². The molecule has 0 atom stereocenters. The summed E-state index contributed by atoms with van der Waals surface area (Å²) in [5.41, 5.74) is 6.94. The van der Waals surface area contributed by atoms with Gasteiger partial charge in [0.15, 0.2) is 0 Å². The van der Waals surface area contributed by atoms with E-state index in [2.05, 4.69) is 4.90 Å². The van der Waals surface area contributed by atoms with Gasteiger partial charge in [-0.1, -0.05) is 24.4 Å². The number of anilines is 1. The minimum absolute atomic E-state index is 0.0234. The van der Waals surface area contributed by atoms with Crippen LogP contribution in [0.2, 0.25) is 5.02 Å². The average Bonchev–Trinajstić information content (AvgIpc) is 3.01. The molecule has 1 amide bonds. The second-order valence-electron chi connectivity index (χ2n) is 6.00. The van der Waals surface area contributed by atoms with Gasteiger partial charge in [-0.15, -0.1) is 0 Å². The molecule has 1 aromatic carbocycles. The fourth-order valence-corrected chi connectivity index (χ4v) is 3.64. The maximum Gasteiger partial charge on any atom is 0.256 e. The number of piperazine rings is 1. The number of benzene rings is 1. The van der Waals surface area contributed by atoms with Crippen molar-refractivity contribution < 1.29 is 4.79 Å². The molecular weight excluding hydrogens is 286 g/mol. The Balaban J connectivity index is 1.62. The van der Waals surface area contributed by atoms with Crippen LogP contribution in [-0.4, -0.2) is 47.9 Å². The first-order chi connectivity index (χ1) is 10.1. The van der Waals surface area contributed by atoms with Gasteiger partial charge >= 0.3 is 0 Å². The highest BCUT2D eigenvalue weighted by atomic mass is 35.5. The molecule has 0 aromatic heterocycles. The van der Waals surface area contributed by atoms with Crippen LogP contribution in [0.15, 0.2) is 18.2 Å². The average molecular weight is 308 g/mol. The number of hydrogen-bond acceptors (Lipinski definition) is 3. The summed E-state index contributed by atoms with van der Waals surface area (Å²) < 4.78 is 0. The summed E-state index contributed by atoms with van der Waals surface area (Å²) in [5, 5.41) is 0.565. The number of amides is 1. The third-order valence-electron chi connectivity index (χ3n) is 4.69. The summed E-state index contributed by atoms with van der Waals surface area (Å²) in [6.45, 7) is 3.53. The minimum Gasteiger partial charge on any atom is -0.398 e. The van der Waals surface area contributed by atoms with Crippen LogP contribution in [0.3, 0.4) is 0 Å². The Hall–Kier alpha value is -1.26. The Bertz CT molecular complexity index is 520. The molecule has 1 saturated heterocycles. The lowest BCUT2D eigenvalue weighted by Gasteiger charge is -2.38. The van der Waals surface area contributed by atoms with Gasteiger partial charge in [0.2, 0.25) is 0 Å². The molecule has 2 N–H and O–H groups in total. The smallest absolute Gasteiger partial charge is 0.256 e. The van der Waals surface area contributed by atoms with Crippen LogP contribution in [0.4, 0.5) is 5.69 Å². The molecule has 1 aliphatic heterocycles. The van der Waals surface area contributed by atoms with E-state index < -0.39 is 0 Å². The number of carbonyl (C=O) groups excluding carboxylic acids is 1. The molecule has 4 nitrogen and oxygen atoms in total.